The van der Waals surface area contributed by atoms with E-state index < -0.39 is 10.1 Å². The van der Waals surface area contributed by atoms with Crippen LogP contribution in [0.1, 0.15) is 59.8 Å². The first-order chi connectivity index (χ1) is 7.27. The van der Waals surface area contributed by atoms with Gasteiger partial charge in [-0.1, -0.05) is 40.5 Å². The van der Waals surface area contributed by atoms with E-state index in [4.69, 9.17) is 4.18 Å². The van der Waals surface area contributed by atoms with Crippen LogP contribution >= 0.6 is 0 Å². The van der Waals surface area contributed by atoms with Crippen LogP contribution in [0.5, 0.6) is 0 Å². The SMILES string of the molecule is CCCCCOS(=O)(=O)CCCC(C)(C)C. The summed E-state index contributed by atoms with van der Waals surface area (Å²) >= 11 is 0. The molecule has 0 N–H and O–H groups in total. The fraction of sp³-hybridized carbons (Fsp3) is 1.00. The molecule has 0 aromatic carbocycles. The molecule has 4 heteroatoms. The Morgan fingerprint density at radius 1 is 1.06 bits per heavy atom. The fourth-order valence-electron chi connectivity index (χ4n) is 1.38. The molecule has 0 atom stereocenters. The zero-order valence-electron chi connectivity index (χ0n) is 11.1. The van der Waals surface area contributed by atoms with Gasteiger partial charge in [-0.2, -0.15) is 8.42 Å². The highest BCUT2D eigenvalue weighted by Gasteiger charge is 2.15. The molecule has 0 rings (SSSR count). The van der Waals surface area contributed by atoms with Crippen LogP contribution in [0.3, 0.4) is 0 Å². The van der Waals surface area contributed by atoms with Gasteiger partial charge in [0.15, 0.2) is 0 Å². The summed E-state index contributed by atoms with van der Waals surface area (Å²) in [5, 5.41) is 0. The van der Waals surface area contributed by atoms with Gasteiger partial charge in [-0.05, 0) is 24.7 Å². The average Bonchev–Trinajstić information content (AvgIpc) is 2.10. The third kappa shape index (κ3) is 10.4. The molecule has 0 radical (unpaired) electrons. The van der Waals surface area contributed by atoms with Gasteiger partial charge < -0.3 is 0 Å². The van der Waals surface area contributed by atoms with E-state index in [0.717, 1.165) is 25.7 Å². The summed E-state index contributed by atoms with van der Waals surface area (Å²) in [7, 11) is -3.28. The maximum absolute atomic E-state index is 11.5. The lowest BCUT2D eigenvalue weighted by atomic mass is 9.91. The van der Waals surface area contributed by atoms with Gasteiger partial charge in [0.2, 0.25) is 0 Å². The normalized spacial score (nSPS) is 13.0. The Balaban J connectivity index is 3.71. The average molecular weight is 250 g/mol. The van der Waals surface area contributed by atoms with E-state index in [1.165, 1.54) is 0 Å². The van der Waals surface area contributed by atoms with E-state index in [9.17, 15) is 8.42 Å². The van der Waals surface area contributed by atoms with Gasteiger partial charge in [0.25, 0.3) is 10.1 Å². The first-order valence-corrected chi connectivity index (χ1v) is 7.72. The van der Waals surface area contributed by atoms with Crippen molar-refractivity contribution < 1.29 is 12.6 Å². The molecule has 0 bridgehead atoms. The maximum Gasteiger partial charge on any atom is 0.267 e. The molecule has 16 heavy (non-hydrogen) atoms. The van der Waals surface area contributed by atoms with Crippen molar-refractivity contribution in [1.82, 2.24) is 0 Å². The minimum atomic E-state index is -3.28. The lowest BCUT2D eigenvalue weighted by Gasteiger charge is -2.17. The molecule has 0 aliphatic rings. The molecule has 0 heterocycles. The molecule has 0 aromatic heterocycles. The summed E-state index contributed by atoms with van der Waals surface area (Å²) in [4.78, 5) is 0. The second kappa shape index (κ2) is 7.28. The van der Waals surface area contributed by atoms with Crippen molar-refractivity contribution in [3.8, 4) is 0 Å². The third-order valence-corrected chi connectivity index (χ3v) is 3.65. The zero-order chi connectivity index (χ0) is 12.7. The van der Waals surface area contributed by atoms with E-state index in [0.29, 0.717) is 13.0 Å². The molecule has 0 fully saturated rings. The molecule has 0 aromatic rings. The summed E-state index contributed by atoms with van der Waals surface area (Å²) in [6, 6.07) is 0. The Bertz CT molecular complexity index is 262. The Labute approximate surface area is 101 Å². The van der Waals surface area contributed by atoms with Crippen LogP contribution < -0.4 is 0 Å². The maximum atomic E-state index is 11.5. The highest BCUT2D eigenvalue weighted by Crippen LogP contribution is 2.21. The Kier molecular flexibility index (Phi) is 7.24. The second-order valence-corrected chi connectivity index (χ2v) is 7.21. The van der Waals surface area contributed by atoms with Crippen molar-refractivity contribution in [3.05, 3.63) is 0 Å². The van der Waals surface area contributed by atoms with Gasteiger partial charge in [0.05, 0.1) is 12.4 Å². The Morgan fingerprint density at radius 3 is 2.19 bits per heavy atom. The summed E-state index contributed by atoms with van der Waals surface area (Å²) in [5.74, 6) is 0.149. The second-order valence-electron chi connectivity index (χ2n) is 5.46. The lowest BCUT2D eigenvalue weighted by molar-refractivity contribution is 0.304. The van der Waals surface area contributed by atoms with E-state index in [1.807, 2.05) is 0 Å². The van der Waals surface area contributed by atoms with E-state index in [1.54, 1.807) is 0 Å². The van der Waals surface area contributed by atoms with Gasteiger partial charge in [-0.15, -0.1) is 0 Å². The first-order valence-electron chi connectivity index (χ1n) is 6.14. The van der Waals surface area contributed by atoms with E-state index in [-0.39, 0.29) is 11.2 Å². The first kappa shape index (κ1) is 15.9. The number of unbranched alkanes of at least 4 members (excludes halogenated alkanes) is 2. The molecule has 0 amide bonds. The molecule has 0 aliphatic heterocycles. The van der Waals surface area contributed by atoms with Gasteiger partial charge in [0, 0.05) is 0 Å². The molecule has 0 spiro atoms. The van der Waals surface area contributed by atoms with E-state index >= 15 is 0 Å². The summed E-state index contributed by atoms with van der Waals surface area (Å²) in [6.07, 6.45) is 4.52. The topological polar surface area (TPSA) is 43.4 Å². The van der Waals surface area contributed by atoms with Crippen molar-refractivity contribution in [2.24, 2.45) is 5.41 Å². The van der Waals surface area contributed by atoms with Crippen molar-refractivity contribution in [1.29, 1.82) is 0 Å². The smallest absolute Gasteiger partial charge is 0.267 e. The predicted octanol–water partition coefficient (Wildman–Crippen LogP) is 3.35. The number of hydrogen-bond donors (Lipinski definition) is 0. The van der Waals surface area contributed by atoms with Crippen LogP contribution in [0.4, 0.5) is 0 Å². The van der Waals surface area contributed by atoms with Crippen LogP contribution in [0, 0.1) is 5.41 Å². The predicted molar refractivity (Wildman–Crippen MR) is 68.0 cm³/mol. The van der Waals surface area contributed by atoms with E-state index in [2.05, 4.69) is 27.7 Å². The minimum Gasteiger partial charge on any atom is -0.270 e. The molecular weight excluding hydrogens is 224 g/mol. The minimum absolute atomic E-state index is 0.149. The van der Waals surface area contributed by atoms with Crippen LogP contribution in [-0.2, 0) is 14.3 Å². The summed E-state index contributed by atoms with van der Waals surface area (Å²) in [5.41, 5.74) is 0.192. The molecule has 98 valence electrons. The molecular formula is C12H26O3S. The lowest BCUT2D eigenvalue weighted by Crippen LogP contribution is -2.14. The Morgan fingerprint density at radius 2 is 1.69 bits per heavy atom. The largest absolute Gasteiger partial charge is 0.270 e. The van der Waals surface area contributed by atoms with Crippen LogP contribution in [-0.4, -0.2) is 20.8 Å². The highest BCUT2D eigenvalue weighted by atomic mass is 32.2. The summed E-state index contributed by atoms with van der Waals surface area (Å²) in [6.45, 7) is 8.76. The molecule has 3 nitrogen and oxygen atoms in total. The molecule has 0 unspecified atom stereocenters. The zero-order valence-corrected chi connectivity index (χ0v) is 11.9. The quantitative estimate of drug-likeness (QED) is 0.490. The molecule has 0 saturated heterocycles. The fourth-order valence-corrected chi connectivity index (χ4v) is 2.36. The standard InChI is InChI=1S/C12H26O3S/c1-5-6-7-10-15-16(13,14)11-8-9-12(2,3)4/h5-11H2,1-4H3. The number of hydrogen-bond acceptors (Lipinski definition) is 3. The number of rotatable bonds is 8. The van der Waals surface area contributed by atoms with Gasteiger partial charge in [0.1, 0.15) is 0 Å². The van der Waals surface area contributed by atoms with Crippen molar-refractivity contribution in [2.75, 3.05) is 12.4 Å². The third-order valence-electron chi connectivity index (χ3n) is 2.33. The van der Waals surface area contributed by atoms with Gasteiger partial charge >= 0.3 is 0 Å². The summed E-state index contributed by atoms with van der Waals surface area (Å²) < 4.78 is 27.8. The van der Waals surface area contributed by atoms with Crippen molar-refractivity contribution in [2.45, 2.75) is 59.8 Å². The molecule has 0 saturated carbocycles. The van der Waals surface area contributed by atoms with Crippen molar-refractivity contribution in [3.63, 3.8) is 0 Å². The van der Waals surface area contributed by atoms with Crippen molar-refractivity contribution >= 4 is 10.1 Å². The van der Waals surface area contributed by atoms with Gasteiger partial charge in [-0.3, -0.25) is 4.18 Å². The van der Waals surface area contributed by atoms with Crippen LogP contribution in [0.2, 0.25) is 0 Å². The van der Waals surface area contributed by atoms with Gasteiger partial charge in [-0.25, -0.2) is 0 Å². The van der Waals surface area contributed by atoms with Crippen LogP contribution in [0.15, 0.2) is 0 Å². The highest BCUT2D eigenvalue weighted by molar-refractivity contribution is 7.86. The Hall–Kier alpha value is -0.0900. The molecule has 0 aliphatic carbocycles. The monoisotopic (exact) mass is 250 g/mol. The van der Waals surface area contributed by atoms with Crippen LogP contribution in [0.25, 0.3) is 0 Å².